The molecule has 3 heteroatoms. The lowest BCUT2D eigenvalue weighted by atomic mass is 10.1. The molecule has 0 radical (unpaired) electrons. The summed E-state index contributed by atoms with van der Waals surface area (Å²) < 4.78 is 11.8. The maximum absolute atomic E-state index is 12.6. The van der Waals surface area contributed by atoms with Crippen molar-refractivity contribution < 1.29 is 14.3 Å². The van der Waals surface area contributed by atoms with Gasteiger partial charge in [0.15, 0.2) is 5.78 Å². The smallest absolute Gasteiger partial charge is 0.165 e. The van der Waals surface area contributed by atoms with Crippen LogP contribution in [0.2, 0.25) is 0 Å². The average molecular weight is 360 g/mol. The fourth-order valence-electron chi connectivity index (χ4n) is 2.79. The molecule has 3 rings (SSSR count). The number of Topliss-reactive ketones (excluding diaryl/α,β-unsaturated/α-hetero) is 1. The van der Waals surface area contributed by atoms with E-state index in [0.717, 1.165) is 11.1 Å². The topological polar surface area (TPSA) is 35.5 Å². The molecule has 0 aliphatic carbocycles. The van der Waals surface area contributed by atoms with Gasteiger partial charge < -0.3 is 9.47 Å². The van der Waals surface area contributed by atoms with Gasteiger partial charge in [0.2, 0.25) is 0 Å². The van der Waals surface area contributed by atoms with E-state index in [4.69, 9.17) is 9.47 Å². The Bertz CT molecular complexity index is 801. The van der Waals surface area contributed by atoms with Gasteiger partial charge in [-0.1, -0.05) is 91.0 Å². The number of benzene rings is 3. The Morgan fingerprint density at radius 1 is 0.704 bits per heavy atom. The van der Waals surface area contributed by atoms with Gasteiger partial charge in [-0.2, -0.15) is 0 Å². The van der Waals surface area contributed by atoms with Crippen LogP contribution in [-0.2, 0) is 22.7 Å². The van der Waals surface area contributed by atoms with Crippen LogP contribution in [0.1, 0.15) is 27.9 Å². The minimum absolute atomic E-state index is 0.0666. The Morgan fingerprint density at radius 3 is 1.81 bits per heavy atom. The first-order valence-corrected chi connectivity index (χ1v) is 9.17. The van der Waals surface area contributed by atoms with Crippen molar-refractivity contribution in [1.29, 1.82) is 0 Å². The van der Waals surface area contributed by atoms with Crippen LogP contribution in [0.25, 0.3) is 0 Å². The third-order valence-corrected chi connectivity index (χ3v) is 4.25. The molecule has 0 aromatic heterocycles. The van der Waals surface area contributed by atoms with Gasteiger partial charge in [-0.3, -0.25) is 4.79 Å². The van der Waals surface area contributed by atoms with E-state index >= 15 is 0 Å². The molecule has 0 spiro atoms. The monoisotopic (exact) mass is 360 g/mol. The molecule has 1 unspecified atom stereocenters. The maximum Gasteiger partial charge on any atom is 0.165 e. The third-order valence-electron chi connectivity index (χ3n) is 4.25. The number of ether oxygens (including phenoxy) is 2. The van der Waals surface area contributed by atoms with E-state index in [1.807, 2.05) is 91.0 Å². The van der Waals surface area contributed by atoms with Crippen LogP contribution in [0.15, 0.2) is 91.0 Å². The first-order valence-electron chi connectivity index (χ1n) is 9.17. The van der Waals surface area contributed by atoms with Gasteiger partial charge in [0.05, 0.1) is 25.9 Å². The fraction of sp³-hybridized carbons (Fsp3) is 0.208. The van der Waals surface area contributed by atoms with Crippen molar-refractivity contribution in [2.75, 3.05) is 6.61 Å². The molecule has 0 amide bonds. The van der Waals surface area contributed by atoms with Crippen LogP contribution in [0.3, 0.4) is 0 Å². The van der Waals surface area contributed by atoms with Gasteiger partial charge in [0.25, 0.3) is 0 Å². The molecule has 0 aliphatic heterocycles. The molecule has 0 fully saturated rings. The molecule has 0 aliphatic rings. The predicted octanol–water partition coefficient (Wildman–Crippen LogP) is 5.06. The summed E-state index contributed by atoms with van der Waals surface area (Å²) in [5.41, 5.74) is 2.89. The molecule has 3 aromatic carbocycles. The third kappa shape index (κ3) is 6.48. The van der Waals surface area contributed by atoms with E-state index in [9.17, 15) is 4.79 Å². The van der Waals surface area contributed by atoms with Gasteiger partial charge in [0.1, 0.15) is 0 Å². The highest BCUT2D eigenvalue weighted by atomic mass is 16.5. The zero-order valence-corrected chi connectivity index (χ0v) is 15.3. The molecule has 138 valence electrons. The summed E-state index contributed by atoms with van der Waals surface area (Å²) in [6, 6.07) is 29.3. The van der Waals surface area contributed by atoms with E-state index < -0.39 is 0 Å². The number of rotatable bonds is 10. The highest BCUT2D eigenvalue weighted by Gasteiger charge is 2.16. The zero-order chi connectivity index (χ0) is 18.7. The molecular weight excluding hydrogens is 336 g/mol. The standard InChI is InChI=1S/C24H24O3/c25-24(22-14-8-3-9-15-22)16-23(27-18-21-12-6-2-7-13-21)19-26-17-20-10-4-1-5-11-20/h1-15,23H,16-19H2. The number of carbonyl (C=O) groups excluding carboxylic acids is 1. The number of carbonyl (C=O) groups is 1. The van der Waals surface area contributed by atoms with Crippen LogP contribution < -0.4 is 0 Å². The molecule has 3 aromatic rings. The Morgan fingerprint density at radius 2 is 1.22 bits per heavy atom. The Labute approximate surface area is 160 Å². The molecule has 0 saturated heterocycles. The molecular formula is C24H24O3. The lowest BCUT2D eigenvalue weighted by molar-refractivity contribution is -0.0299. The van der Waals surface area contributed by atoms with Crippen LogP contribution in [0, 0.1) is 0 Å². The summed E-state index contributed by atoms with van der Waals surface area (Å²) in [7, 11) is 0. The normalized spacial score (nSPS) is 11.9. The second-order valence-electron chi connectivity index (χ2n) is 6.41. The number of ketones is 1. The van der Waals surface area contributed by atoms with Gasteiger partial charge in [-0.05, 0) is 11.1 Å². The van der Waals surface area contributed by atoms with Crippen LogP contribution in [0.4, 0.5) is 0 Å². The predicted molar refractivity (Wildman–Crippen MR) is 107 cm³/mol. The number of hydrogen-bond donors (Lipinski definition) is 0. The second-order valence-corrected chi connectivity index (χ2v) is 6.41. The van der Waals surface area contributed by atoms with Crippen molar-refractivity contribution in [3.05, 3.63) is 108 Å². The van der Waals surface area contributed by atoms with E-state index in [-0.39, 0.29) is 11.9 Å². The maximum atomic E-state index is 12.6. The van der Waals surface area contributed by atoms with E-state index in [1.165, 1.54) is 0 Å². The minimum Gasteiger partial charge on any atom is -0.374 e. The highest BCUT2D eigenvalue weighted by Crippen LogP contribution is 2.12. The summed E-state index contributed by atoms with van der Waals surface area (Å²) in [5.74, 6) is 0.0666. The molecule has 0 N–H and O–H groups in total. The quantitative estimate of drug-likeness (QED) is 0.474. The lowest BCUT2D eigenvalue weighted by Crippen LogP contribution is -2.23. The van der Waals surface area contributed by atoms with Crippen molar-refractivity contribution in [2.45, 2.75) is 25.7 Å². The molecule has 0 bridgehead atoms. The van der Waals surface area contributed by atoms with Gasteiger partial charge >= 0.3 is 0 Å². The van der Waals surface area contributed by atoms with Crippen molar-refractivity contribution in [1.82, 2.24) is 0 Å². The molecule has 0 heterocycles. The van der Waals surface area contributed by atoms with Crippen molar-refractivity contribution >= 4 is 5.78 Å². The lowest BCUT2D eigenvalue weighted by Gasteiger charge is -2.18. The number of hydrogen-bond acceptors (Lipinski definition) is 3. The first-order chi connectivity index (χ1) is 13.3. The Balaban J connectivity index is 1.57. The van der Waals surface area contributed by atoms with Crippen LogP contribution in [-0.4, -0.2) is 18.5 Å². The van der Waals surface area contributed by atoms with E-state index in [0.29, 0.717) is 31.8 Å². The molecule has 3 nitrogen and oxygen atoms in total. The second kappa shape index (κ2) is 10.4. The minimum atomic E-state index is -0.290. The largest absolute Gasteiger partial charge is 0.374 e. The van der Waals surface area contributed by atoms with Crippen molar-refractivity contribution in [2.24, 2.45) is 0 Å². The summed E-state index contributed by atoms with van der Waals surface area (Å²) in [4.78, 5) is 12.6. The summed E-state index contributed by atoms with van der Waals surface area (Å²) in [6.45, 7) is 1.34. The van der Waals surface area contributed by atoms with Gasteiger partial charge in [-0.15, -0.1) is 0 Å². The molecule has 27 heavy (non-hydrogen) atoms. The molecule has 0 saturated carbocycles. The van der Waals surface area contributed by atoms with Crippen molar-refractivity contribution in [3.63, 3.8) is 0 Å². The summed E-state index contributed by atoms with van der Waals surface area (Å²) in [6.07, 6.45) is 0.00710. The van der Waals surface area contributed by atoms with Crippen molar-refractivity contribution in [3.8, 4) is 0 Å². The van der Waals surface area contributed by atoms with E-state index in [1.54, 1.807) is 0 Å². The zero-order valence-electron chi connectivity index (χ0n) is 15.3. The fourth-order valence-corrected chi connectivity index (χ4v) is 2.79. The van der Waals surface area contributed by atoms with Crippen LogP contribution >= 0.6 is 0 Å². The Kier molecular flexibility index (Phi) is 7.34. The van der Waals surface area contributed by atoms with E-state index in [2.05, 4.69) is 0 Å². The van der Waals surface area contributed by atoms with Gasteiger partial charge in [0, 0.05) is 12.0 Å². The molecule has 1 atom stereocenters. The Hall–Kier alpha value is -2.75. The van der Waals surface area contributed by atoms with Crippen LogP contribution in [0.5, 0.6) is 0 Å². The summed E-state index contributed by atoms with van der Waals surface area (Å²) in [5, 5.41) is 0. The average Bonchev–Trinajstić information content (AvgIpc) is 2.74. The SMILES string of the molecule is O=C(CC(COCc1ccccc1)OCc1ccccc1)c1ccccc1. The van der Waals surface area contributed by atoms with Gasteiger partial charge in [-0.25, -0.2) is 0 Å². The first kappa shape index (κ1) is 19.0. The highest BCUT2D eigenvalue weighted by molar-refractivity contribution is 5.96. The summed E-state index contributed by atoms with van der Waals surface area (Å²) >= 11 is 0.